The molecule has 0 saturated heterocycles. The number of hydrogen-bond donors (Lipinski definition) is 2. The van der Waals surface area contributed by atoms with E-state index in [0.717, 1.165) is 6.42 Å². The lowest BCUT2D eigenvalue weighted by Crippen LogP contribution is -2.27. The molecule has 6 nitrogen and oxygen atoms in total. The van der Waals surface area contributed by atoms with Gasteiger partial charge in [-0.05, 0) is 12.5 Å². The van der Waals surface area contributed by atoms with Gasteiger partial charge in [-0.15, -0.1) is 0 Å². The van der Waals surface area contributed by atoms with Crippen LogP contribution < -0.4 is 5.32 Å². The molecular formula is C9H13N3O3. The first-order valence-electron chi connectivity index (χ1n) is 4.64. The molecule has 0 unspecified atom stereocenters. The SMILES string of the molecule is O=C(O)CC(=O)NCCCn1cccn1. The van der Waals surface area contributed by atoms with Gasteiger partial charge < -0.3 is 10.4 Å². The van der Waals surface area contributed by atoms with E-state index in [1.807, 2.05) is 12.3 Å². The highest BCUT2D eigenvalue weighted by molar-refractivity contribution is 5.93. The zero-order valence-corrected chi connectivity index (χ0v) is 8.22. The molecule has 0 aliphatic rings. The first-order valence-corrected chi connectivity index (χ1v) is 4.64. The molecule has 0 radical (unpaired) electrons. The lowest BCUT2D eigenvalue weighted by atomic mass is 10.3. The van der Waals surface area contributed by atoms with Crippen molar-refractivity contribution in [3.8, 4) is 0 Å². The minimum absolute atomic E-state index is 0.456. The second kappa shape index (κ2) is 5.79. The third-order valence-electron chi connectivity index (χ3n) is 1.76. The maximum Gasteiger partial charge on any atom is 0.312 e. The van der Waals surface area contributed by atoms with Crippen molar-refractivity contribution < 1.29 is 14.7 Å². The van der Waals surface area contributed by atoms with Gasteiger partial charge in [0.25, 0.3) is 0 Å². The summed E-state index contributed by atoms with van der Waals surface area (Å²) in [6.45, 7) is 1.17. The number of hydrogen-bond acceptors (Lipinski definition) is 3. The third kappa shape index (κ3) is 4.80. The first kappa shape index (κ1) is 11.2. The molecule has 0 bridgehead atoms. The Morgan fingerprint density at radius 3 is 2.87 bits per heavy atom. The van der Waals surface area contributed by atoms with Gasteiger partial charge in [0.15, 0.2) is 0 Å². The van der Waals surface area contributed by atoms with Crippen molar-refractivity contribution in [1.29, 1.82) is 0 Å². The number of rotatable bonds is 6. The van der Waals surface area contributed by atoms with Crippen LogP contribution in [0.25, 0.3) is 0 Å². The largest absolute Gasteiger partial charge is 0.481 e. The molecule has 0 atom stereocenters. The third-order valence-corrected chi connectivity index (χ3v) is 1.76. The molecular weight excluding hydrogens is 198 g/mol. The van der Waals surface area contributed by atoms with Gasteiger partial charge in [0.1, 0.15) is 6.42 Å². The van der Waals surface area contributed by atoms with Gasteiger partial charge in [0.2, 0.25) is 5.91 Å². The molecule has 0 aliphatic carbocycles. The second-order valence-corrected chi connectivity index (χ2v) is 3.04. The molecule has 0 saturated carbocycles. The van der Waals surface area contributed by atoms with Crippen LogP contribution in [0.4, 0.5) is 0 Å². The number of aromatic nitrogens is 2. The highest BCUT2D eigenvalue weighted by Crippen LogP contribution is 1.88. The minimum atomic E-state index is -1.11. The average Bonchev–Trinajstić information content (AvgIpc) is 2.63. The normalized spacial score (nSPS) is 9.87. The molecule has 15 heavy (non-hydrogen) atoms. The van der Waals surface area contributed by atoms with Gasteiger partial charge in [-0.25, -0.2) is 0 Å². The topological polar surface area (TPSA) is 84.2 Å². The molecule has 0 aliphatic heterocycles. The van der Waals surface area contributed by atoms with Crippen molar-refractivity contribution in [2.45, 2.75) is 19.4 Å². The molecule has 1 rings (SSSR count). The summed E-state index contributed by atoms with van der Waals surface area (Å²) in [4.78, 5) is 21.1. The lowest BCUT2D eigenvalue weighted by molar-refractivity contribution is -0.140. The van der Waals surface area contributed by atoms with E-state index < -0.39 is 18.3 Å². The summed E-state index contributed by atoms with van der Waals surface area (Å²) in [5, 5.41) is 14.8. The van der Waals surface area contributed by atoms with Gasteiger partial charge in [0, 0.05) is 25.5 Å². The molecule has 1 heterocycles. The number of nitrogens with zero attached hydrogens (tertiary/aromatic N) is 2. The molecule has 1 aromatic rings. The summed E-state index contributed by atoms with van der Waals surface area (Å²) in [5.41, 5.74) is 0. The first-order chi connectivity index (χ1) is 7.18. The quantitative estimate of drug-likeness (QED) is 0.507. The summed E-state index contributed by atoms with van der Waals surface area (Å²) < 4.78 is 1.75. The monoisotopic (exact) mass is 211 g/mol. The Morgan fingerprint density at radius 2 is 2.27 bits per heavy atom. The number of carboxylic acid groups (broad SMARTS) is 1. The fourth-order valence-corrected chi connectivity index (χ4v) is 1.10. The van der Waals surface area contributed by atoms with Crippen molar-refractivity contribution in [2.75, 3.05) is 6.54 Å². The maximum atomic E-state index is 10.9. The Kier molecular flexibility index (Phi) is 4.33. The molecule has 0 aromatic carbocycles. The number of aliphatic carboxylic acids is 1. The summed E-state index contributed by atoms with van der Waals surface area (Å²) in [7, 11) is 0. The van der Waals surface area contributed by atoms with Gasteiger partial charge in [-0.3, -0.25) is 14.3 Å². The fourth-order valence-electron chi connectivity index (χ4n) is 1.10. The van der Waals surface area contributed by atoms with Gasteiger partial charge >= 0.3 is 5.97 Å². The van der Waals surface area contributed by atoms with E-state index in [2.05, 4.69) is 10.4 Å². The molecule has 2 N–H and O–H groups in total. The molecule has 1 amide bonds. The zero-order chi connectivity index (χ0) is 11.1. The van der Waals surface area contributed by atoms with Crippen molar-refractivity contribution in [3.05, 3.63) is 18.5 Å². The van der Waals surface area contributed by atoms with Crippen LogP contribution in [0, 0.1) is 0 Å². The van der Waals surface area contributed by atoms with E-state index in [1.165, 1.54) is 0 Å². The van der Waals surface area contributed by atoms with Crippen molar-refractivity contribution in [2.24, 2.45) is 0 Å². The molecule has 82 valence electrons. The van der Waals surface area contributed by atoms with Crippen LogP contribution in [0.3, 0.4) is 0 Å². The predicted octanol–water partition coefficient (Wildman–Crippen LogP) is -0.136. The van der Waals surface area contributed by atoms with Crippen LogP contribution in [-0.4, -0.2) is 33.3 Å². The van der Waals surface area contributed by atoms with Gasteiger partial charge in [-0.1, -0.05) is 0 Å². The zero-order valence-electron chi connectivity index (χ0n) is 8.22. The van der Waals surface area contributed by atoms with E-state index in [-0.39, 0.29) is 0 Å². The van der Waals surface area contributed by atoms with Crippen LogP contribution in [0.15, 0.2) is 18.5 Å². The van der Waals surface area contributed by atoms with E-state index in [0.29, 0.717) is 13.1 Å². The van der Waals surface area contributed by atoms with Crippen molar-refractivity contribution >= 4 is 11.9 Å². The summed E-state index contributed by atoms with van der Waals surface area (Å²) in [6.07, 6.45) is 3.77. The minimum Gasteiger partial charge on any atom is -0.481 e. The average molecular weight is 211 g/mol. The second-order valence-electron chi connectivity index (χ2n) is 3.04. The number of nitrogens with one attached hydrogen (secondary N) is 1. The molecule has 1 aromatic heterocycles. The lowest BCUT2D eigenvalue weighted by Gasteiger charge is -2.03. The predicted molar refractivity (Wildman–Crippen MR) is 52.1 cm³/mol. The van der Waals surface area contributed by atoms with Crippen molar-refractivity contribution in [3.63, 3.8) is 0 Å². The smallest absolute Gasteiger partial charge is 0.312 e. The number of carboxylic acids is 1. The summed E-state index contributed by atoms with van der Waals surface area (Å²) >= 11 is 0. The Bertz CT molecular complexity index is 321. The maximum absolute atomic E-state index is 10.9. The Hall–Kier alpha value is -1.85. The number of aryl methyl sites for hydroxylation is 1. The summed E-state index contributed by atoms with van der Waals surface area (Å²) in [5.74, 6) is -1.57. The van der Waals surface area contributed by atoms with Gasteiger partial charge in [0.05, 0.1) is 0 Å². The van der Waals surface area contributed by atoms with Crippen LogP contribution in [-0.2, 0) is 16.1 Å². The molecule has 0 spiro atoms. The van der Waals surface area contributed by atoms with Crippen LogP contribution in [0.2, 0.25) is 0 Å². The Labute approximate surface area is 86.9 Å². The molecule has 6 heteroatoms. The Balaban J connectivity index is 2.06. The van der Waals surface area contributed by atoms with Crippen LogP contribution in [0.1, 0.15) is 12.8 Å². The highest BCUT2D eigenvalue weighted by Gasteiger charge is 2.05. The van der Waals surface area contributed by atoms with E-state index in [1.54, 1.807) is 10.9 Å². The number of carbonyl (C=O) groups excluding carboxylic acids is 1. The summed E-state index contributed by atoms with van der Waals surface area (Å²) in [6, 6.07) is 1.82. The Morgan fingerprint density at radius 1 is 1.47 bits per heavy atom. The van der Waals surface area contributed by atoms with E-state index in [9.17, 15) is 9.59 Å². The standard InChI is InChI=1S/C9H13N3O3/c13-8(7-9(14)15)10-3-1-5-12-6-2-4-11-12/h2,4,6H,1,3,5,7H2,(H,10,13)(H,14,15). The van der Waals surface area contributed by atoms with Crippen LogP contribution in [0.5, 0.6) is 0 Å². The van der Waals surface area contributed by atoms with Gasteiger partial charge in [-0.2, -0.15) is 5.10 Å². The fraction of sp³-hybridized carbons (Fsp3) is 0.444. The van der Waals surface area contributed by atoms with Crippen molar-refractivity contribution in [1.82, 2.24) is 15.1 Å². The van der Waals surface area contributed by atoms with E-state index in [4.69, 9.17) is 5.11 Å². The number of carbonyl (C=O) groups is 2. The van der Waals surface area contributed by atoms with E-state index >= 15 is 0 Å². The van der Waals surface area contributed by atoms with Crippen LogP contribution >= 0.6 is 0 Å². The number of amides is 1. The molecule has 0 fully saturated rings. The highest BCUT2D eigenvalue weighted by atomic mass is 16.4.